The van der Waals surface area contributed by atoms with Crippen LogP contribution in [-0.2, 0) is 33.3 Å². The number of nitrogens with one attached hydrogen (secondary N) is 1. The van der Waals surface area contributed by atoms with Crippen molar-refractivity contribution in [3.05, 3.63) is 0 Å². The molecule has 0 aliphatic carbocycles. The van der Waals surface area contributed by atoms with E-state index in [4.69, 9.17) is 24.1 Å². The Hall–Kier alpha value is -1.75. The molecule has 1 unspecified atom stereocenters. The second kappa shape index (κ2) is 47.0. The first-order valence-corrected chi connectivity index (χ1v) is 30.3. The Morgan fingerprint density at radius 1 is 0.586 bits per heavy atom. The summed E-state index contributed by atoms with van der Waals surface area (Å²) in [6.45, 7) is 18.1. The molecule has 0 aromatic heterocycles. The lowest BCUT2D eigenvalue weighted by Gasteiger charge is -2.24. The zero-order valence-corrected chi connectivity index (χ0v) is 47.1. The molecule has 2 N–H and O–H groups in total. The van der Waals surface area contributed by atoms with E-state index in [0.29, 0.717) is 52.2 Å². The van der Waals surface area contributed by atoms with Crippen molar-refractivity contribution in [3.8, 4) is 0 Å². The normalized spacial score (nSPS) is 15.4. The maximum atomic E-state index is 13.1. The number of carbonyl (C=O) groups excluding carboxylic acids is 3. The van der Waals surface area contributed by atoms with Gasteiger partial charge in [-0.15, -0.1) is 0 Å². The maximum absolute atomic E-state index is 13.1. The number of likely N-dealkylation sites (tertiary alicyclic amines) is 1. The van der Waals surface area contributed by atoms with E-state index in [9.17, 15) is 14.4 Å². The van der Waals surface area contributed by atoms with Crippen molar-refractivity contribution in [3.63, 3.8) is 0 Å². The Bertz CT molecular complexity index is 1180. The van der Waals surface area contributed by atoms with Crippen LogP contribution in [0.3, 0.4) is 0 Å². The highest BCUT2D eigenvalue weighted by molar-refractivity contribution is 5.75. The largest absolute Gasteiger partial charge is 0.465 e. The third-order valence-electron chi connectivity index (χ3n) is 14.8. The minimum Gasteiger partial charge on any atom is -0.465 e. The molecule has 0 bridgehead atoms. The highest BCUT2D eigenvalue weighted by Crippen LogP contribution is 2.28. The molecule has 0 radical (unpaired) electrons. The van der Waals surface area contributed by atoms with Crippen molar-refractivity contribution in [2.45, 2.75) is 304 Å². The van der Waals surface area contributed by atoms with E-state index in [1.165, 1.54) is 122 Å². The van der Waals surface area contributed by atoms with Crippen molar-refractivity contribution < 1.29 is 38.4 Å². The molecule has 0 saturated carbocycles. The Labute approximate surface area is 432 Å². The molecule has 10 nitrogen and oxygen atoms in total. The van der Waals surface area contributed by atoms with Crippen LogP contribution in [0.5, 0.6) is 0 Å². The summed E-state index contributed by atoms with van der Waals surface area (Å²) in [5, 5.41) is 12.2. The fraction of sp³-hybridized carbons (Fsp3) is 0.950. The molecule has 1 fully saturated rings. The van der Waals surface area contributed by atoms with Gasteiger partial charge in [-0.05, 0) is 103 Å². The van der Waals surface area contributed by atoms with Gasteiger partial charge in [0, 0.05) is 45.2 Å². The van der Waals surface area contributed by atoms with Crippen molar-refractivity contribution in [2.75, 3.05) is 52.6 Å². The molecular formula is C60H116N2O8. The molecule has 0 amide bonds. The van der Waals surface area contributed by atoms with Gasteiger partial charge in [0.1, 0.15) is 12.2 Å². The average Bonchev–Trinajstić information content (AvgIpc) is 3.72. The number of carbonyl (C=O) groups is 3. The number of ether oxygens (including phenoxy) is 4. The Morgan fingerprint density at radius 2 is 1.13 bits per heavy atom. The van der Waals surface area contributed by atoms with Crippen LogP contribution >= 0.6 is 0 Å². The van der Waals surface area contributed by atoms with Gasteiger partial charge in [0.2, 0.25) is 0 Å². The summed E-state index contributed by atoms with van der Waals surface area (Å²) in [6, 6.07) is 0.217. The molecule has 2 atom stereocenters. The third kappa shape index (κ3) is 37.9. The summed E-state index contributed by atoms with van der Waals surface area (Å²) in [7, 11) is 0. The minimum atomic E-state index is -0.471. The minimum absolute atomic E-state index is 0.00825. The van der Waals surface area contributed by atoms with E-state index in [-0.39, 0.29) is 42.8 Å². The van der Waals surface area contributed by atoms with Gasteiger partial charge in [0.25, 0.3) is 0 Å². The molecule has 1 aliphatic rings. The molecule has 1 heterocycles. The van der Waals surface area contributed by atoms with E-state index >= 15 is 0 Å². The summed E-state index contributed by atoms with van der Waals surface area (Å²) in [4.78, 5) is 41.1. The van der Waals surface area contributed by atoms with Crippen molar-refractivity contribution in [1.82, 2.24) is 10.2 Å². The maximum Gasteiger partial charge on any atom is 0.311 e. The zero-order valence-electron chi connectivity index (χ0n) is 47.1. The first-order valence-electron chi connectivity index (χ1n) is 30.3. The lowest BCUT2D eigenvalue weighted by molar-refractivity contribution is -0.154. The summed E-state index contributed by atoms with van der Waals surface area (Å²) in [6.07, 6.45) is 42.2. The summed E-state index contributed by atoms with van der Waals surface area (Å²) in [5.41, 5.74) is -0.471. The summed E-state index contributed by atoms with van der Waals surface area (Å²) in [5.74, 6) is 0.526. The van der Waals surface area contributed by atoms with E-state index < -0.39 is 5.41 Å². The van der Waals surface area contributed by atoms with Crippen LogP contribution in [0.2, 0.25) is 0 Å². The Balaban J connectivity index is 2.47. The van der Waals surface area contributed by atoms with Crippen LogP contribution in [0.4, 0.5) is 0 Å². The van der Waals surface area contributed by atoms with Gasteiger partial charge < -0.3 is 29.4 Å². The number of rotatable bonds is 52. The lowest BCUT2D eigenvalue weighted by atomic mass is 9.87. The predicted molar refractivity (Wildman–Crippen MR) is 292 cm³/mol. The molecule has 1 rings (SSSR count). The van der Waals surface area contributed by atoms with E-state index in [0.717, 1.165) is 122 Å². The zero-order chi connectivity index (χ0) is 51.2. The van der Waals surface area contributed by atoms with Crippen LogP contribution in [-0.4, -0.2) is 98.8 Å². The van der Waals surface area contributed by atoms with Crippen LogP contribution < -0.4 is 5.32 Å². The number of hydrogen-bond donors (Lipinski definition) is 2. The standard InChI is InChI=1S/C60H116N2O8/c1-7-11-15-17-20-28-39-55(40-29-21-18-16-12-8-2)69-57(64)41-30-22-19-25-33-48-67-52-54-50-56(70-58(65)42-45-61-44-35-47-63)51-62(54)46-32-24-23-31-43-60(5,6)59(66)68-49-34-38-53(36-26-13-9-3)37-27-14-10-4/h53-56,61,63H,7-52H2,1-6H3/t54?,56-/m0/s1. The fourth-order valence-corrected chi connectivity index (χ4v) is 10.1. The van der Waals surface area contributed by atoms with Gasteiger partial charge >= 0.3 is 17.9 Å². The highest BCUT2D eigenvalue weighted by Gasteiger charge is 2.34. The molecule has 0 aromatic rings. The first-order chi connectivity index (χ1) is 34.1. The van der Waals surface area contributed by atoms with Gasteiger partial charge in [-0.3, -0.25) is 19.3 Å². The predicted octanol–water partition coefficient (Wildman–Crippen LogP) is 15.2. The van der Waals surface area contributed by atoms with Gasteiger partial charge in [0.05, 0.1) is 25.0 Å². The van der Waals surface area contributed by atoms with Crippen molar-refractivity contribution in [2.24, 2.45) is 11.3 Å². The number of esters is 3. The number of aliphatic hydroxyl groups is 1. The molecule has 414 valence electrons. The SMILES string of the molecule is CCCCCCCCC(CCCCCCCC)OC(=O)CCCCCCCOCC1C[C@H](OC(=O)CCNCCCO)CN1CCCCCCC(C)(C)C(=O)OCCCC(CCCCC)CCCCC. The molecule has 10 heteroatoms. The van der Waals surface area contributed by atoms with Gasteiger partial charge in [-0.1, -0.05) is 182 Å². The quantitative estimate of drug-likeness (QED) is 0.0346. The van der Waals surface area contributed by atoms with E-state index in [1.807, 2.05) is 13.8 Å². The lowest BCUT2D eigenvalue weighted by Crippen LogP contribution is -2.34. The molecule has 1 aliphatic heterocycles. The molecule has 70 heavy (non-hydrogen) atoms. The Morgan fingerprint density at radius 3 is 1.77 bits per heavy atom. The average molecular weight is 994 g/mol. The molecule has 1 saturated heterocycles. The third-order valence-corrected chi connectivity index (χ3v) is 14.8. The Kier molecular flexibility index (Phi) is 44.5. The number of unbranched alkanes of at least 4 members (excludes halogenated alkanes) is 21. The first kappa shape index (κ1) is 66.3. The number of nitrogens with zero attached hydrogens (tertiary/aromatic N) is 1. The second-order valence-electron chi connectivity index (χ2n) is 22.1. The molecule has 0 spiro atoms. The molecular weight excluding hydrogens is 877 g/mol. The van der Waals surface area contributed by atoms with Gasteiger partial charge in [-0.25, -0.2) is 0 Å². The van der Waals surface area contributed by atoms with Gasteiger partial charge in [0.15, 0.2) is 0 Å². The van der Waals surface area contributed by atoms with Crippen LogP contribution in [0, 0.1) is 11.3 Å². The van der Waals surface area contributed by atoms with E-state index in [1.54, 1.807) is 0 Å². The number of aliphatic hydroxyl groups excluding tert-OH is 1. The van der Waals surface area contributed by atoms with E-state index in [2.05, 4.69) is 37.9 Å². The van der Waals surface area contributed by atoms with Crippen LogP contribution in [0.15, 0.2) is 0 Å². The highest BCUT2D eigenvalue weighted by atomic mass is 16.6. The van der Waals surface area contributed by atoms with Crippen LogP contribution in [0.25, 0.3) is 0 Å². The van der Waals surface area contributed by atoms with Gasteiger partial charge in [-0.2, -0.15) is 0 Å². The topological polar surface area (TPSA) is 124 Å². The fourth-order valence-electron chi connectivity index (χ4n) is 10.1. The monoisotopic (exact) mass is 993 g/mol. The second-order valence-corrected chi connectivity index (χ2v) is 22.1. The molecule has 0 aromatic carbocycles. The van der Waals surface area contributed by atoms with Crippen molar-refractivity contribution in [1.29, 1.82) is 0 Å². The summed E-state index contributed by atoms with van der Waals surface area (Å²) < 4.78 is 24.1. The summed E-state index contributed by atoms with van der Waals surface area (Å²) >= 11 is 0. The smallest absolute Gasteiger partial charge is 0.311 e. The van der Waals surface area contributed by atoms with Crippen LogP contribution in [0.1, 0.15) is 286 Å². The van der Waals surface area contributed by atoms with Crippen molar-refractivity contribution >= 4 is 17.9 Å². The number of hydrogen-bond acceptors (Lipinski definition) is 10.